The number of aliphatic hydroxyl groups excluding tert-OH is 1. The van der Waals surface area contributed by atoms with Gasteiger partial charge in [0.1, 0.15) is 5.75 Å². The summed E-state index contributed by atoms with van der Waals surface area (Å²) in [6, 6.07) is 13.9. The van der Waals surface area contributed by atoms with Crippen LogP contribution in [0.3, 0.4) is 0 Å². The lowest BCUT2D eigenvalue weighted by Crippen LogP contribution is -2.05. The van der Waals surface area contributed by atoms with Crippen LogP contribution in [0.1, 0.15) is 13.3 Å². The zero-order valence-electron chi connectivity index (χ0n) is 14.9. The third kappa shape index (κ3) is 3.58. The van der Waals surface area contributed by atoms with Crippen LogP contribution in [0.4, 0.5) is 0 Å². The standard InChI is InChI=1S/C19H19N5O2S/c1-2-12-27-19-20-17-16(22-23-24(17)10-11-25)18(21-19)26-15-9-5-7-13-6-3-4-8-14(13)15/h3-9,25H,2,10-12H2,1H3. The number of aliphatic hydroxyl groups is 1. The fourth-order valence-electron chi connectivity index (χ4n) is 2.78. The van der Waals surface area contributed by atoms with Gasteiger partial charge in [0.25, 0.3) is 5.88 Å². The second kappa shape index (κ2) is 7.89. The van der Waals surface area contributed by atoms with Gasteiger partial charge >= 0.3 is 0 Å². The Balaban J connectivity index is 1.81. The van der Waals surface area contributed by atoms with E-state index < -0.39 is 0 Å². The quantitative estimate of drug-likeness (QED) is 0.386. The minimum atomic E-state index is -0.0422. The van der Waals surface area contributed by atoms with Crippen molar-refractivity contribution >= 4 is 33.7 Å². The molecule has 0 aliphatic rings. The number of fused-ring (bicyclic) bond motifs is 2. The van der Waals surface area contributed by atoms with Gasteiger partial charge in [-0.1, -0.05) is 60.3 Å². The van der Waals surface area contributed by atoms with Gasteiger partial charge in [-0.25, -0.2) is 9.67 Å². The molecule has 2 aromatic carbocycles. The average Bonchev–Trinajstić information content (AvgIpc) is 3.10. The highest BCUT2D eigenvalue weighted by molar-refractivity contribution is 7.99. The van der Waals surface area contributed by atoms with Crippen LogP contribution in [0.5, 0.6) is 11.6 Å². The normalized spacial score (nSPS) is 11.3. The van der Waals surface area contributed by atoms with Crippen LogP contribution in [0.2, 0.25) is 0 Å². The summed E-state index contributed by atoms with van der Waals surface area (Å²) in [5.41, 5.74) is 1.05. The lowest BCUT2D eigenvalue weighted by molar-refractivity contribution is 0.270. The molecule has 2 heterocycles. The van der Waals surface area contributed by atoms with Gasteiger partial charge in [0.2, 0.25) is 0 Å². The minimum Gasteiger partial charge on any atom is -0.436 e. The number of hydrogen-bond donors (Lipinski definition) is 1. The molecule has 0 radical (unpaired) electrons. The van der Waals surface area contributed by atoms with Gasteiger partial charge in [0.05, 0.1) is 13.2 Å². The molecule has 8 heteroatoms. The zero-order valence-corrected chi connectivity index (χ0v) is 15.7. The zero-order chi connectivity index (χ0) is 18.6. The Morgan fingerprint density at radius 1 is 1.11 bits per heavy atom. The van der Waals surface area contributed by atoms with Crippen molar-refractivity contribution in [3.05, 3.63) is 42.5 Å². The maximum absolute atomic E-state index is 9.26. The molecule has 0 amide bonds. The Hall–Kier alpha value is -2.71. The van der Waals surface area contributed by atoms with Gasteiger partial charge in [-0.3, -0.25) is 0 Å². The summed E-state index contributed by atoms with van der Waals surface area (Å²) in [4.78, 5) is 9.12. The van der Waals surface area contributed by atoms with Crippen molar-refractivity contribution in [2.45, 2.75) is 25.0 Å². The van der Waals surface area contributed by atoms with Gasteiger partial charge in [-0.05, 0) is 17.9 Å². The minimum absolute atomic E-state index is 0.0422. The third-order valence-electron chi connectivity index (χ3n) is 4.01. The van der Waals surface area contributed by atoms with E-state index in [1.54, 1.807) is 16.4 Å². The molecule has 27 heavy (non-hydrogen) atoms. The molecule has 0 atom stereocenters. The Bertz CT molecular complexity index is 1080. The monoisotopic (exact) mass is 381 g/mol. The van der Waals surface area contributed by atoms with Crippen molar-refractivity contribution in [3.8, 4) is 11.6 Å². The first-order chi connectivity index (χ1) is 13.3. The maximum Gasteiger partial charge on any atom is 0.254 e. The largest absolute Gasteiger partial charge is 0.436 e. The van der Waals surface area contributed by atoms with E-state index >= 15 is 0 Å². The summed E-state index contributed by atoms with van der Waals surface area (Å²) in [6.07, 6.45) is 1.01. The molecule has 0 spiro atoms. The third-order valence-corrected chi connectivity index (χ3v) is 5.07. The van der Waals surface area contributed by atoms with Crippen LogP contribution >= 0.6 is 11.8 Å². The van der Waals surface area contributed by atoms with Crippen LogP contribution in [0, 0.1) is 0 Å². The molecule has 4 aromatic rings. The number of hydrogen-bond acceptors (Lipinski definition) is 7. The molecule has 4 rings (SSSR count). The van der Waals surface area contributed by atoms with Crippen LogP contribution in [0.15, 0.2) is 47.6 Å². The molecule has 0 saturated heterocycles. The van der Waals surface area contributed by atoms with Crippen molar-refractivity contribution in [3.63, 3.8) is 0 Å². The van der Waals surface area contributed by atoms with Gasteiger partial charge in [0.15, 0.2) is 16.3 Å². The predicted octanol–water partition coefficient (Wildman–Crippen LogP) is 3.66. The summed E-state index contributed by atoms with van der Waals surface area (Å²) < 4.78 is 7.75. The van der Waals surface area contributed by atoms with Crippen LogP contribution in [-0.2, 0) is 6.54 Å². The molecule has 0 bridgehead atoms. The van der Waals surface area contributed by atoms with Gasteiger partial charge < -0.3 is 9.84 Å². The number of rotatable bonds is 7. The second-order valence-corrected chi connectivity index (χ2v) is 7.01. The Kier molecular flexibility index (Phi) is 5.17. The van der Waals surface area contributed by atoms with Crippen molar-refractivity contribution in [2.24, 2.45) is 0 Å². The molecule has 2 aromatic heterocycles. The Morgan fingerprint density at radius 3 is 2.81 bits per heavy atom. The maximum atomic E-state index is 9.26. The van der Waals surface area contributed by atoms with Crippen molar-refractivity contribution < 1.29 is 9.84 Å². The van der Waals surface area contributed by atoms with Crippen molar-refractivity contribution in [2.75, 3.05) is 12.4 Å². The van der Waals surface area contributed by atoms with E-state index in [1.807, 2.05) is 42.5 Å². The lowest BCUT2D eigenvalue weighted by Gasteiger charge is -2.09. The van der Waals surface area contributed by atoms with E-state index in [0.717, 1.165) is 22.9 Å². The van der Waals surface area contributed by atoms with E-state index in [0.29, 0.717) is 34.5 Å². The number of aromatic nitrogens is 5. The van der Waals surface area contributed by atoms with Gasteiger partial charge in [0, 0.05) is 11.1 Å². The highest BCUT2D eigenvalue weighted by Gasteiger charge is 2.17. The molecule has 7 nitrogen and oxygen atoms in total. The first-order valence-corrected chi connectivity index (χ1v) is 9.79. The lowest BCUT2D eigenvalue weighted by atomic mass is 10.1. The number of benzene rings is 2. The molecule has 138 valence electrons. The molecule has 0 aliphatic carbocycles. The first kappa shape index (κ1) is 17.7. The average molecular weight is 381 g/mol. The van der Waals surface area contributed by atoms with E-state index in [4.69, 9.17) is 4.74 Å². The van der Waals surface area contributed by atoms with Crippen molar-refractivity contribution in [1.29, 1.82) is 0 Å². The Morgan fingerprint density at radius 2 is 1.96 bits per heavy atom. The molecule has 0 saturated carbocycles. The van der Waals surface area contributed by atoms with E-state index in [1.165, 1.54) is 0 Å². The summed E-state index contributed by atoms with van der Waals surface area (Å²) in [7, 11) is 0. The highest BCUT2D eigenvalue weighted by Crippen LogP contribution is 2.32. The second-order valence-electron chi connectivity index (χ2n) is 5.95. The topological polar surface area (TPSA) is 86.0 Å². The summed E-state index contributed by atoms with van der Waals surface area (Å²) in [6.45, 7) is 2.38. The Labute approximate surface area is 160 Å². The molecule has 0 unspecified atom stereocenters. The predicted molar refractivity (Wildman–Crippen MR) is 105 cm³/mol. The number of nitrogens with zero attached hydrogens (tertiary/aromatic N) is 5. The highest BCUT2D eigenvalue weighted by atomic mass is 32.2. The summed E-state index contributed by atoms with van der Waals surface area (Å²) in [5.74, 6) is 1.98. The van der Waals surface area contributed by atoms with Crippen LogP contribution < -0.4 is 4.74 Å². The number of ether oxygens (including phenoxy) is 1. The molecule has 0 fully saturated rings. The molecule has 0 aliphatic heterocycles. The van der Waals surface area contributed by atoms with Gasteiger partial charge in [-0.2, -0.15) is 4.98 Å². The fourth-order valence-corrected chi connectivity index (χ4v) is 3.46. The number of thioether (sulfide) groups is 1. The SMILES string of the molecule is CCCSc1nc(Oc2cccc3ccccc23)c2nnn(CCO)c2n1. The smallest absolute Gasteiger partial charge is 0.254 e. The van der Waals surface area contributed by atoms with Crippen LogP contribution in [0.25, 0.3) is 21.9 Å². The molecule has 1 N–H and O–H groups in total. The molecular formula is C19H19N5O2S. The molecular weight excluding hydrogens is 362 g/mol. The first-order valence-electron chi connectivity index (χ1n) is 8.80. The van der Waals surface area contributed by atoms with Crippen molar-refractivity contribution in [1.82, 2.24) is 25.0 Å². The summed E-state index contributed by atoms with van der Waals surface area (Å²) in [5, 5.41) is 20.2. The van der Waals surface area contributed by atoms with Gasteiger partial charge in [-0.15, -0.1) is 5.10 Å². The fraction of sp³-hybridized carbons (Fsp3) is 0.263. The van der Waals surface area contributed by atoms with E-state index in [9.17, 15) is 5.11 Å². The van der Waals surface area contributed by atoms with E-state index in [2.05, 4.69) is 27.2 Å². The summed E-state index contributed by atoms with van der Waals surface area (Å²) >= 11 is 1.56. The van der Waals surface area contributed by atoms with E-state index in [-0.39, 0.29) is 6.61 Å². The van der Waals surface area contributed by atoms with Crippen LogP contribution in [-0.4, -0.2) is 42.4 Å².